The highest BCUT2D eigenvalue weighted by Gasteiger charge is 2.29. The molecular formula is C11H12BCl2N2O2. The van der Waals surface area contributed by atoms with Crippen molar-refractivity contribution in [2.75, 3.05) is 11.4 Å². The van der Waals surface area contributed by atoms with Gasteiger partial charge in [-0.05, 0) is 12.5 Å². The first-order chi connectivity index (χ1) is 8.63. The monoisotopic (exact) mass is 285 g/mol. The standard InChI is InChI=1S/C11H12BCl2N2O2/c1-12-18-7-2-3-9(17)16(6-7)10-8(13)4-5-15-11(10)14/h4-5,7H,2-3,6H2,1H3. The Balaban J connectivity index is 2.27. The van der Waals surface area contributed by atoms with Gasteiger partial charge in [-0.3, -0.25) is 4.79 Å². The van der Waals surface area contributed by atoms with Crippen LogP contribution in [0.15, 0.2) is 12.3 Å². The van der Waals surface area contributed by atoms with Gasteiger partial charge in [0, 0.05) is 12.6 Å². The minimum absolute atomic E-state index is 0.0113. The molecule has 0 aliphatic carbocycles. The van der Waals surface area contributed by atoms with Gasteiger partial charge >= 0.3 is 0 Å². The number of anilines is 1. The summed E-state index contributed by atoms with van der Waals surface area (Å²) in [6.45, 7) is 2.25. The minimum Gasteiger partial charge on any atom is -0.436 e. The maximum atomic E-state index is 12.0. The molecule has 2 heterocycles. The maximum absolute atomic E-state index is 12.0. The minimum atomic E-state index is -0.0277. The van der Waals surface area contributed by atoms with Crippen LogP contribution in [0.3, 0.4) is 0 Å². The molecule has 95 valence electrons. The summed E-state index contributed by atoms with van der Waals surface area (Å²) in [7, 11) is 1.63. The summed E-state index contributed by atoms with van der Waals surface area (Å²) in [4.78, 5) is 17.5. The second kappa shape index (κ2) is 5.91. The van der Waals surface area contributed by atoms with E-state index in [4.69, 9.17) is 27.9 Å². The molecule has 2 rings (SSSR count). The zero-order chi connectivity index (χ0) is 13.1. The number of amides is 1. The Bertz CT molecular complexity index is 438. The van der Waals surface area contributed by atoms with Gasteiger partial charge in [0.15, 0.2) is 5.15 Å². The van der Waals surface area contributed by atoms with Gasteiger partial charge in [-0.25, -0.2) is 4.98 Å². The highest BCUT2D eigenvalue weighted by Crippen LogP contribution is 2.34. The smallest absolute Gasteiger partial charge is 0.289 e. The number of hydrogen-bond acceptors (Lipinski definition) is 3. The van der Waals surface area contributed by atoms with E-state index >= 15 is 0 Å². The van der Waals surface area contributed by atoms with Crippen LogP contribution in [-0.4, -0.2) is 31.0 Å². The molecule has 1 atom stereocenters. The summed E-state index contributed by atoms with van der Waals surface area (Å²) in [6, 6.07) is 1.62. The molecule has 1 aromatic heterocycles. The maximum Gasteiger partial charge on any atom is 0.289 e. The van der Waals surface area contributed by atoms with Gasteiger partial charge in [0.1, 0.15) is 5.69 Å². The fourth-order valence-corrected chi connectivity index (χ4v) is 2.54. The van der Waals surface area contributed by atoms with E-state index in [0.717, 1.165) is 0 Å². The van der Waals surface area contributed by atoms with Crippen molar-refractivity contribution >= 4 is 42.3 Å². The number of carbonyl (C=O) groups excluding carboxylic acids is 1. The molecule has 0 aromatic carbocycles. The fourth-order valence-electron chi connectivity index (χ4n) is 1.98. The molecule has 4 nitrogen and oxygen atoms in total. The van der Waals surface area contributed by atoms with Gasteiger partial charge in [0.2, 0.25) is 5.91 Å². The second-order valence-electron chi connectivity index (χ2n) is 3.97. The van der Waals surface area contributed by atoms with E-state index in [-0.39, 0.29) is 17.2 Å². The Labute approximate surface area is 116 Å². The van der Waals surface area contributed by atoms with Gasteiger partial charge in [-0.15, -0.1) is 0 Å². The molecule has 0 saturated carbocycles. The summed E-state index contributed by atoms with van der Waals surface area (Å²) in [5, 5.41) is 0.654. The van der Waals surface area contributed by atoms with Crippen molar-refractivity contribution in [2.45, 2.75) is 25.8 Å². The van der Waals surface area contributed by atoms with E-state index in [9.17, 15) is 4.79 Å². The molecular weight excluding hydrogens is 274 g/mol. The third-order valence-electron chi connectivity index (χ3n) is 2.80. The molecule has 1 unspecified atom stereocenters. The van der Waals surface area contributed by atoms with Gasteiger partial charge in [-0.1, -0.05) is 30.0 Å². The van der Waals surface area contributed by atoms with Crippen LogP contribution < -0.4 is 4.90 Å². The molecule has 7 heteroatoms. The van der Waals surface area contributed by atoms with Gasteiger partial charge in [0.25, 0.3) is 7.48 Å². The number of aromatic nitrogens is 1. The van der Waals surface area contributed by atoms with Crippen LogP contribution in [0.1, 0.15) is 12.8 Å². The SMILES string of the molecule is C[B]OC1CCC(=O)N(c2c(Cl)ccnc2Cl)C1. The largest absolute Gasteiger partial charge is 0.436 e. The van der Waals surface area contributed by atoms with Crippen LogP contribution in [0.5, 0.6) is 0 Å². The number of pyridine rings is 1. The van der Waals surface area contributed by atoms with Crippen molar-refractivity contribution in [3.8, 4) is 0 Å². The van der Waals surface area contributed by atoms with Gasteiger partial charge in [-0.2, -0.15) is 0 Å². The van der Waals surface area contributed by atoms with Crippen molar-refractivity contribution < 1.29 is 9.45 Å². The molecule has 1 aliphatic rings. The van der Waals surface area contributed by atoms with E-state index in [1.165, 1.54) is 6.20 Å². The average Bonchev–Trinajstić information content (AvgIpc) is 2.33. The number of piperidine rings is 1. The van der Waals surface area contributed by atoms with E-state index < -0.39 is 0 Å². The van der Waals surface area contributed by atoms with Crippen LogP contribution in [0.25, 0.3) is 0 Å². The number of hydrogen-bond donors (Lipinski definition) is 0. The third kappa shape index (κ3) is 2.79. The summed E-state index contributed by atoms with van der Waals surface area (Å²) in [5.74, 6) is -0.0113. The lowest BCUT2D eigenvalue weighted by Gasteiger charge is -2.33. The first kappa shape index (κ1) is 13.7. The number of halogens is 2. The van der Waals surface area contributed by atoms with Crippen molar-refractivity contribution in [1.82, 2.24) is 4.98 Å². The Hall–Kier alpha value is -0.775. The third-order valence-corrected chi connectivity index (χ3v) is 3.38. The number of rotatable bonds is 3. The normalized spacial score (nSPS) is 20.1. The number of carbonyl (C=O) groups is 1. The molecule has 0 N–H and O–H groups in total. The lowest BCUT2D eigenvalue weighted by atomic mass is 10.0. The molecule has 1 fully saturated rings. The predicted molar refractivity (Wildman–Crippen MR) is 72.3 cm³/mol. The van der Waals surface area contributed by atoms with Crippen LogP contribution >= 0.6 is 23.2 Å². The van der Waals surface area contributed by atoms with Crippen molar-refractivity contribution in [1.29, 1.82) is 0 Å². The Morgan fingerprint density at radius 3 is 3.00 bits per heavy atom. The lowest BCUT2D eigenvalue weighted by molar-refractivity contribution is -0.120. The second-order valence-corrected chi connectivity index (χ2v) is 4.73. The van der Waals surface area contributed by atoms with Crippen molar-refractivity contribution in [2.24, 2.45) is 0 Å². The first-order valence-electron chi connectivity index (χ1n) is 5.67. The Kier molecular flexibility index (Phi) is 4.48. The topological polar surface area (TPSA) is 42.4 Å². The molecule has 18 heavy (non-hydrogen) atoms. The molecule has 1 saturated heterocycles. The van der Waals surface area contributed by atoms with E-state index in [2.05, 4.69) is 4.98 Å². The Morgan fingerprint density at radius 1 is 1.56 bits per heavy atom. The Morgan fingerprint density at radius 2 is 2.33 bits per heavy atom. The van der Waals surface area contributed by atoms with Crippen LogP contribution in [0.4, 0.5) is 5.69 Å². The van der Waals surface area contributed by atoms with Gasteiger partial charge < -0.3 is 9.55 Å². The van der Waals surface area contributed by atoms with Crippen LogP contribution in [-0.2, 0) is 9.45 Å². The molecule has 1 aliphatic heterocycles. The first-order valence-corrected chi connectivity index (χ1v) is 6.42. The van der Waals surface area contributed by atoms with Gasteiger partial charge in [0.05, 0.1) is 17.7 Å². The van der Waals surface area contributed by atoms with Crippen LogP contribution in [0, 0.1) is 0 Å². The summed E-state index contributed by atoms with van der Waals surface area (Å²) < 4.78 is 5.44. The zero-order valence-corrected chi connectivity index (χ0v) is 11.4. The fraction of sp³-hybridized carbons (Fsp3) is 0.455. The number of nitrogens with zero attached hydrogens (tertiary/aromatic N) is 2. The molecule has 1 radical (unpaired) electrons. The lowest BCUT2D eigenvalue weighted by Crippen LogP contribution is -2.44. The van der Waals surface area contributed by atoms with E-state index in [1.807, 2.05) is 6.82 Å². The quantitative estimate of drug-likeness (QED) is 0.633. The van der Waals surface area contributed by atoms with E-state index in [1.54, 1.807) is 18.4 Å². The molecule has 0 bridgehead atoms. The van der Waals surface area contributed by atoms with Crippen LogP contribution in [0.2, 0.25) is 17.0 Å². The van der Waals surface area contributed by atoms with E-state index in [0.29, 0.717) is 30.1 Å². The highest BCUT2D eigenvalue weighted by atomic mass is 35.5. The average molecular weight is 286 g/mol. The zero-order valence-electron chi connectivity index (χ0n) is 9.90. The summed E-state index contributed by atoms with van der Waals surface area (Å²) >= 11 is 12.1. The van der Waals surface area contributed by atoms with Crippen molar-refractivity contribution in [3.05, 3.63) is 22.4 Å². The highest BCUT2D eigenvalue weighted by molar-refractivity contribution is 6.39. The van der Waals surface area contributed by atoms with Crippen molar-refractivity contribution in [3.63, 3.8) is 0 Å². The molecule has 0 spiro atoms. The molecule has 1 aromatic rings. The predicted octanol–water partition coefficient (Wildman–Crippen LogP) is 2.57. The summed E-state index contributed by atoms with van der Waals surface area (Å²) in [6.07, 6.45) is 2.60. The molecule has 1 amide bonds. The summed E-state index contributed by atoms with van der Waals surface area (Å²) in [5.41, 5.74) is 0.468.